The molecule has 0 bridgehead atoms. The van der Waals surface area contributed by atoms with Crippen molar-refractivity contribution in [1.29, 1.82) is 0 Å². The zero-order valence-corrected chi connectivity index (χ0v) is 9.43. The summed E-state index contributed by atoms with van der Waals surface area (Å²) in [6.45, 7) is 1.37. The van der Waals surface area contributed by atoms with Crippen LogP contribution in [0.3, 0.4) is 0 Å². The van der Waals surface area contributed by atoms with Crippen LogP contribution < -0.4 is 10.1 Å². The van der Waals surface area contributed by atoms with Gasteiger partial charge in [-0.2, -0.15) is 0 Å². The van der Waals surface area contributed by atoms with Crippen molar-refractivity contribution in [2.75, 3.05) is 12.4 Å². The van der Waals surface area contributed by atoms with Gasteiger partial charge in [-0.15, -0.1) is 5.10 Å². The Morgan fingerprint density at radius 1 is 1.29 bits per heavy atom. The number of methoxy groups -OCH3 is 1. The number of hydrogen-bond donors (Lipinski definition) is 1. The Balaban J connectivity index is 2.21. The lowest BCUT2D eigenvalue weighted by Crippen LogP contribution is -2.05. The van der Waals surface area contributed by atoms with Crippen LogP contribution in [0.5, 0.6) is 5.75 Å². The second-order valence-corrected chi connectivity index (χ2v) is 3.32. The summed E-state index contributed by atoms with van der Waals surface area (Å²) < 4.78 is 10.3. The van der Waals surface area contributed by atoms with Gasteiger partial charge in [0.05, 0.1) is 7.11 Å². The number of aromatic nitrogens is 2. The third-order valence-electron chi connectivity index (χ3n) is 2.04. The third-order valence-corrected chi connectivity index (χ3v) is 2.04. The highest BCUT2D eigenvalue weighted by molar-refractivity contribution is 5.86. The van der Waals surface area contributed by atoms with Crippen molar-refractivity contribution in [2.24, 2.45) is 0 Å². The Kier molecular flexibility index (Phi) is 3.04. The Hall–Kier alpha value is -2.37. The molecule has 0 unspecified atom stereocenters. The number of nitrogens with zero attached hydrogens (tertiary/aromatic N) is 2. The molecule has 0 aliphatic carbocycles. The molecule has 2 rings (SSSR count). The fraction of sp³-hybridized carbons (Fsp3) is 0.182. The van der Waals surface area contributed by atoms with Gasteiger partial charge >= 0.3 is 6.01 Å². The molecule has 6 heteroatoms. The van der Waals surface area contributed by atoms with Crippen LogP contribution >= 0.6 is 0 Å². The summed E-state index contributed by atoms with van der Waals surface area (Å²) >= 11 is 0. The molecule has 0 radical (unpaired) electrons. The molecule has 6 nitrogen and oxygen atoms in total. The average Bonchev–Trinajstić information content (AvgIpc) is 2.77. The van der Waals surface area contributed by atoms with Gasteiger partial charge in [0.15, 0.2) is 0 Å². The first-order valence-corrected chi connectivity index (χ1v) is 4.94. The molecule has 2 aromatic rings. The number of amides is 1. The topological polar surface area (TPSA) is 77.3 Å². The molecule has 0 atom stereocenters. The van der Waals surface area contributed by atoms with Gasteiger partial charge in [0, 0.05) is 12.5 Å². The van der Waals surface area contributed by atoms with E-state index in [1.807, 2.05) is 0 Å². The Labute approximate surface area is 97.6 Å². The van der Waals surface area contributed by atoms with Gasteiger partial charge in [-0.3, -0.25) is 10.1 Å². The minimum atomic E-state index is -0.255. The summed E-state index contributed by atoms with van der Waals surface area (Å²) in [4.78, 5) is 10.8. The predicted molar refractivity (Wildman–Crippen MR) is 60.6 cm³/mol. The first-order valence-electron chi connectivity index (χ1n) is 4.94. The van der Waals surface area contributed by atoms with E-state index in [0.717, 1.165) is 11.3 Å². The maximum absolute atomic E-state index is 10.8. The van der Waals surface area contributed by atoms with E-state index in [4.69, 9.17) is 9.15 Å². The highest BCUT2D eigenvalue weighted by Gasteiger charge is 2.09. The fourth-order valence-corrected chi connectivity index (χ4v) is 1.27. The SMILES string of the molecule is COc1ccc(-c2nnc(NC(C)=O)o2)cc1. The average molecular weight is 233 g/mol. The monoisotopic (exact) mass is 233 g/mol. The minimum Gasteiger partial charge on any atom is -0.497 e. The number of carbonyl (C=O) groups excluding carboxylic acids is 1. The molecule has 17 heavy (non-hydrogen) atoms. The summed E-state index contributed by atoms with van der Waals surface area (Å²) in [5.74, 6) is 0.835. The van der Waals surface area contributed by atoms with Crippen molar-refractivity contribution < 1.29 is 13.9 Å². The zero-order valence-electron chi connectivity index (χ0n) is 9.43. The molecule has 1 amide bonds. The highest BCUT2D eigenvalue weighted by atomic mass is 16.5. The molecule has 1 aromatic carbocycles. The van der Waals surface area contributed by atoms with Gasteiger partial charge in [-0.1, -0.05) is 5.10 Å². The maximum atomic E-state index is 10.8. The van der Waals surface area contributed by atoms with Gasteiger partial charge < -0.3 is 9.15 Å². The van der Waals surface area contributed by atoms with E-state index in [-0.39, 0.29) is 11.9 Å². The molecule has 0 spiro atoms. The Morgan fingerprint density at radius 2 is 2.00 bits per heavy atom. The van der Waals surface area contributed by atoms with Gasteiger partial charge in [-0.05, 0) is 24.3 Å². The largest absolute Gasteiger partial charge is 0.497 e. The highest BCUT2D eigenvalue weighted by Crippen LogP contribution is 2.22. The summed E-state index contributed by atoms with van der Waals surface area (Å²) in [5, 5.41) is 9.93. The van der Waals surface area contributed by atoms with E-state index in [2.05, 4.69) is 15.5 Å². The molecule has 0 saturated carbocycles. The smallest absolute Gasteiger partial charge is 0.322 e. The van der Waals surface area contributed by atoms with Crippen LogP contribution in [-0.4, -0.2) is 23.2 Å². The molecule has 1 heterocycles. The minimum absolute atomic E-state index is 0.0864. The number of anilines is 1. The molecule has 1 aromatic heterocycles. The van der Waals surface area contributed by atoms with E-state index < -0.39 is 0 Å². The maximum Gasteiger partial charge on any atom is 0.322 e. The summed E-state index contributed by atoms with van der Waals surface area (Å²) in [5.41, 5.74) is 0.759. The Bertz CT molecular complexity index is 519. The van der Waals surface area contributed by atoms with Crippen molar-refractivity contribution in [1.82, 2.24) is 10.2 Å². The van der Waals surface area contributed by atoms with Crippen LogP contribution in [0, 0.1) is 0 Å². The second kappa shape index (κ2) is 4.65. The van der Waals surface area contributed by atoms with Crippen LogP contribution in [0.2, 0.25) is 0 Å². The third kappa shape index (κ3) is 2.60. The van der Waals surface area contributed by atoms with Gasteiger partial charge in [-0.25, -0.2) is 0 Å². The van der Waals surface area contributed by atoms with Crippen LogP contribution in [-0.2, 0) is 4.79 Å². The number of carbonyl (C=O) groups is 1. The molecule has 1 N–H and O–H groups in total. The lowest BCUT2D eigenvalue weighted by Gasteiger charge is -1.99. The van der Waals surface area contributed by atoms with Crippen LogP contribution in [0.4, 0.5) is 6.01 Å². The van der Waals surface area contributed by atoms with E-state index in [1.54, 1.807) is 31.4 Å². The zero-order chi connectivity index (χ0) is 12.3. The summed E-state index contributed by atoms with van der Waals surface area (Å²) in [7, 11) is 1.59. The number of hydrogen-bond acceptors (Lipinski definition) is 5. The Morgan fingerprint density at radius 3 is 2.59 bits per heavy atom. The van der Waals surface area contributed by atoms with Crippen molar-refractivity contribution >= 4 is 11.9 Å². The van der Waals surface area contributed by atoms with Crippen molar-refractivity contribution in [3.63, 3.8) is 0 Å². The molecular formula is C11H11N3O3. The van der Waals surface area contributed by atoms with Gasteiger partial charge in [0.2, 0.25) is 11.8 Å². The summed E-state index contributed by atoms with van der Waals surface area (Å²) in [6.07, 6.45) is 0. The molecule has 0 saturated heterocycles. The normalized spacial score (nSPS) is 10.0. The van der Waals surface area contributed by atoms with E-state index >= 15 is 0 Å². The van der Waals surface area contributed by atoms with E-state index in [1.165, 1.54) is 6.92 Å². The quantitative estimate of drug-likeness (QED) is 0.873. The van der Waals surface area contributed by atoms with Crippen LogP contribution in [0.25, 0.3) is 11.5 Å². The number of nitrogens with one attached hydrogen (secondary N) is 1. The van der Waals surface area contributed by atoms with E-state index in [0.29, 0.717) is 5.89 Å². The van der Waals surface area contributed by atoms with Crippen LogP contribution in [0.1, 0.15) is 6.92 Å². The molecule has 0 fully saturated rings. The van der Waals surface area contributed by atoms with Crippen molar-refractivity contribution in [3.05, 3.63) is 24.3 Å². The first kappa shape index (κ1) is 11.1. The number of benzene rings is 1. The first-order chi connectivity index (χ1) is 8.19. The van der Waals surface area contributed by atoms with Crippen LogP contribution in [0.15, 0.2) is 28.7 Å². The van der Waals surface area contributed by atoms with Crippen molar-refractivity contribution in [3.8, 4) is 17.2 Å². The van der Waals surface area contributed by atoms with Gasteiger partial charge in [0.25, 0.3) is 0 Å². The molecular weight excluding hydrogens is 222 g/mol. The summed E-state index contributed by atoms with van der Waals surface area (Å²) in [6, 6.07) is 7.26. The lowest BCUT2D eigenvalue weighted by atomic mass is 10.2. The molecule has 0 aliphatic rings. The molecule has 0 aliphatic heterocycles. The molecule has 88 valence electrons. The standard InChI is InChI=1S/C11H11N3O3/c1-7(15)12-11-14-13-10(17-11)8-3-5-9(16-2)6-4-8/h3-6H,1-2H3,(H,12,14,15). The van der Waals surface area contributed by atoms with Gasteiger partial charge in [0.1, 0.15) is 5.75 Å². The van der Waals surface area contributed by atoms with E-state index in [9.17, 15) is 4.79 Å². The second-order valence-electron chi connectivity index (χ2n) is 3.32. The number of ether oxygens (including phenoxy) is 1. The fourth-order valence-electron chi connectivity index (χ4n) is 1.27. The number of rotatable bonds is 3. The lowest BCUT2D eigenvalue weighted by molar-refractivity contribution is -0.114. The predicted octanol–water partition coefficient (Wildman–Crippen LogP) is 1.70. The van der Waals surface area contributed by atoms with Crippen molar-refractivity contribution in [2.45, 2.75) is 6.92 Å².